The van der Waals surface area contributed by atoms with Gasteiger partial charge in [0.2, 0.25) is 0 Å². The fourth-order valence-electron chi connectivity index (χ4n) is 16.2. The topological polar surface area (TPSA) is 34.1 Å². The third-order valence-electron chi connectivity index (χ3n) is 20.2. The van der Waals surface area contributed by atoms with Crippen LogP contribution < -0.4 is 0 Å². The van der Waals surface area contributed by atoms with Crippen molar-refractivity contribution in [3.8, 4) is 11.8 Å². The normalized spacial score (nSPS) is 36.0. The van der Waals surface area contributed by atoms with E-state index in [2.05, 4.69) is 182 Å². The third kappa shape index (κ3) is 8.54. The number of hydrogen-bond acceptors (Lipinski definition) is 2. The Morgan fingerprint density at radius 3 is 1.34 bits per heavy atom. The van der Waals surface area contributed by atoms with Crippen molar-refractivity contribution in [3.63, 3.8) is 0 Å². The maximum Gasteiger partial charge on any atom is 0.166 e. The molecule has 0 radical (unpaired) electrons. The van der Waals surface area contributed by atoms with Gasteiger partial charge in [0.25, 0.3) is 0 Å². The van der Waals surface area contributed by atoms with E-state index in [0.717, 1.165) is 70.5 Å². The zero-order valence-electron chi connectivity index (χ0n) is 42.6. The first-order chi connectivity index (χ1) is 34.0. The molecule has 0 aromatic heterocycles. The molecule has 70 heavy (non-hydrogen) atoms. The van der Waals surface area contributed by atoms with E-state index >= 15 is 0 Å². The van der Waals surface area contributed by atoms with E-state index in [4.69, 9.17) is 0 Å². The summed E-state index contributed by atoms with van der Waals surface area (Å²) in [6.45, 7) is 16.9. The Kier molecular flexibility index (Phi) is 13.8. The molecule has 0 saturated heterocycles. The lowest BCUT2D eigenvalue weighted by atomic mass is 9.56. The molecular weight excluding hydrogens is 849 g/mol. The van der Waals surface area contributed by atoms with Gasteiger partial charge in [-0.2, -0.15) is 0 Å². The molecule has 2 heteroatoms. The van der Waals surface area contributed by atoms with Crippen LogP contribution in [0.3, 0.4) is 0 Å². The molecule has 0 amide bonds. The molecule has 0 N–H and O–H groups in total. The summed E-state index contributed by atoms with van der Waals surface area (Å²) < 4.78 is 0. The predicted molar refractivity (Wildman–Crippen MR) is 287 cm³/mol. The quantitative estimate of drug-likeness (QED) is 0.118. The van der Waals surface area contributed by atoms with Crippen LogP contribution in [-0.4, -0.2) is 11.6 Å². The lowest BCUT2D eigenvalue weighted by molar-refractivity contribution is 0.0567. The highest BCUT2D eigenvalue weighted by molar-refractivity contribution is 6.05. The van der Waals surface area contributed by atoms with Gasteiger partial charge in [-0.3, -0.25) is 9.59 Å². The van der Waals surface area contributed by atoms with Gasteiger partial charge in [0.1, 0.15) is 0 Å². The molecule has 0 spiro atoms. The number of ketones is 2. The van der Waals surface area contributed by atoms with Gasteiger partial charge in [0.15, 0.2) is 11.6 Å². The first kappa shape index (κ1) is 47.9. The molecule has 6 aromatic carbocycles. The van der Waals surface area contributed by atoms with E-state index in [-0.39, 0.29) is 28.8 Å². The summed E-state index contributed by atoms with van der Waals surface area (Å²) in [5.74, 6) is 17.0. The predicted octanol–water partition coefficient (Wildman–Crippen LogP) is 15.9. The zero-order chi connectivity index (χ0) is 48.7. The highest BCUT2D eigenvalue weighted by atomic mass is 16.1. The van der Waals surface area contributed by atoms with Gasteiger partial charge < -0.3 is 0 Å². The van der Waals surface area contributed by atoms with E-state index in [1.807, 2.05) is 60.7 Å². The Morgan fingerprint density at radius 2 is 0.829 bits per heavy atom. The van der Waals surface area contributed by atoms with Crippen LogP contribution in [0.4, 0.5) is 0 Å². The first-order valence-electron chi connectivity index (χ1n) is 26.9. The number of rotatable bonds is 7. The van der Waals surface area contributed by atoms with Crippen molar-refractivity contribution in [1.82, 2.24) is 0 Å². The van der Waals surface area contributed by atoms with Crippen molar-refractivity contribution in [2.45, 2.75) is 85.0 Å². The van der Waals surface area contributed by atoms with Gasteiger partial charge in [0.05, 0.1) is 0 Å². The smallest absolute Gasteiger partial charge is 0.166 e. The number of hydrogen-bond donors (Lipinski definition) is 0. The molecule has 2 nitrogen and oxygen atoms in total. The van der Waals surface area contributed by atoms with Crippen molar-refractivity contribution < 1.29 is 9.59 Å². The van der Waals surface area contributed by atoms with Crippen LogP contribution in [0, 0.1) is 101 Å². The minimum absolute atomic E-state index is 0.154. The highest BCUT2D eigenvalue weighted by Crippen LogP contribution is 2.68. The van der Waals surface area contributed by atoms with E-state index < -0.39 is 0 Å². The Bertz CT molecular complexity index is 2690. The SMILES string of the molecule is CC1C(C)C2CC1C(C#Cc1ccccc1)C2c1ccccc1.CC1C(C)C2CC1C(C(=O)c1ccccc1)C2C(=O)c1ccccc1.CC1C(C)C2CC1C(c1ccccc1)C2(C)c1ccccc1. The molecule has 18 unspecified atom stereocenters. The number of carbonyl (C=O) groups excluding carboxylic acids is 2. The maximum atomic E-state index is 13.3. The Hall–Kier alpha value is -5.78. The summed E-state index contributed by atoms with van der Waals surface area (Å²) in [4.78, 5) is 26.6. The summed E-state index contributed by atoms with van der Waals surface area (Å²) in [7, 11) is 0. The van der Waals surface area contributed by atoms with Gasteiger partial charge in [-0.15, -0.1) is 0 Å². The van der Waals surface area contributed by atoms with E-state index in [1.54, 1.807) is 5.56 Å². The summed E-state index contributed by atoms with van der Waals surface area (Å²) in [6.07, 6.45) is 3.76. The molecule has 0 aliphatic heterocycles. The molecule has 6 aliphatic carbocycles. The van der Waals surface area contributed by atoms with Gasteiger partial charge in [-0.1, -0.05) is 230 Å². The lowest BCUT2D eigenvalue weighted by Crippen LogP contribution is -2.42. The van der Waals surface area contributed by atoms with Gasteiger partial charge >= 0.3 is 0 Å². The molecule has 6 aliphatic rings. The molecule has 0 heterocycles. The van der Waals surface area contributed by atoms with E-state index in [1.165, 1.54) is 24.0 Å². The van der Waals surface area contributed by atoms with Crippen molar-refractivity contribution >= 4 is 11.6 Å². The van der Waals surface area contributed by atoms with Crippen LogP contribution >= 0.6 is 0 Å². The third-order valence-corrected chi connectivity index (χ3v) is 20.2. The first-order valence-corrected chi connectivity index (χ1v) is 26.9. The highest BCUT2D eigenvalue weighted by Gasteiger charge is 2.62. The number of benzene rings is 6. The fraction of sp³-hybridized carbons (Fsp3) is 0.412. The maximum absolute atomic E-state index is 13.3. The van der Waals surface area contributed by atoms with Crippen LogP contribution in [0.5, 0.6) is 0 Å². The standard InChI is InChI=1S/C23H24O2.C23H24.C22H26/c1-14-15(2)19-13-18(14)20(22(24)16-9-5-3-6-10-16)21(19)23(25)17-11-7-4-8-12-17;1-16-17(2)22-15-21(16)20(14-13-18-9-5-3-6-10-18)23(22)19-11-7-4-8-12-19;1-15-16(2)20-14-19(15)21(17-10-6-4-7-11-17)22(20,3)18-12-8-5-9-13-18/h3-12,14-15,18-21H,13H2,1-2H3;3-12,16-17,20-23H,15H2,1-2H3;4-13,15-16,19-21H,14H2,1-3H3. The van der Waals surface area contributed by atoms with E-state index in [0.29, 0.717) is 41.4 Å². The van der Waals surface area contributed by atoms with Crippen molar-refractivity contribution in [2.24, 2.45) is 88.8 Å². The van der Waals surface area contributed by atoms with Crippen molar-refractivity contribution in [2.75, 3.05) is 0 Å². The molecule has 358 valence electrons. The summed E-state index contributed by atoms with van der Waals surface area (Å²) in [5, 5.41) is 0. The zero-order valence-corrected chi connectivity index (χ0v) is 42.6. The summed E-state index contributed by atoms with van der Waals surface area (Å²) in [6, 6.07) is 63.0. The second-order valence-corrected chi connectivity index (χ2v) is 22.9. The molecule has 18 atom stereocenters. The van der Waals surface area contributed by atoms with Crippen molar-refractivity contribution in [3.05, 3.63) is 215 Å². The number of carbonyl (C=O) groups is 2. The van der Waals surface area contributed by atoms with Crippen LogP contribution in [-0.2, 0) is 5.41 Å². The van der Waals surface area contributed by atoms with Crippen LogP contribution in [0.15, 0.2) is 182 Å². The second-order valence-electron chi connectivity index (χ2n) is 22.9. The minimum Gasteiger partial charge on any atom is -0.294 e. The average Bonchev–Trinajstić information content (AvgIpc) is 4.25. The average molecular weight is 923 g/mol. The Labute approximate surface area is 420 Å². The molecule has 6 bridgehead atoms. The molecular formula is C68H74O2. The van der Waals surface area contributed by atoms with Gasteiger partial charge in [-0.25, -0.2) is 0 Å². The summed E-state index contributed by atoms with van der Waals surface area (Å²) in [5.41, 5.74) is 7.47. The largest absolute Gasteiger partial charge is 0.294 e. The second kappa shape index (κ2) is 20.1. The number of fused-ring (bicyclic) bond motifs is 6. The van der Waals surface area contributed by atoms with Crippen LogP contribution in [0.1, 0.15) is 123 Å². The number of Topliss-reactive ketones (excluding diaryl/α,β-unsaturated/α-hetero) is 2. The Balaban J connectivity index is 0.000000122. The molecule has 6 fully saturated rings. The van der Waals surface area contributed by atoms with Crippen molar-refractivity contribution in [1.29, 1.82) is 0 Å². The molecule has 6 aromatic rings. The Morgan fingerprint density at radius 1 is 0.429 bits per heavy atom. The van der Waals surface area contributed by atoms with Crippen LogP contribution in [0.25, 0.3) is 0 Å². The van der Waals surface area contributed by atoms with Gasteiger partial charge in [-0.05, 0) is 125 Å². The monoisotopic (exact) mass is 923 g/mol. The van der Waals surface area contributed by atoms with Crippen LogP contribution in [0.2, 0.25) is 0 Å². The molecule has 12 rings (SSSR count). The fourth-order valence-corrected chi connectivity index (χ4v) is 16.2. The minimum atomic E-state index is -0.175. The van der Waals surface area contributed by atoms with Gasteiger partial charge in [0, 0.05) is 45.8 Å². The lowest BCUT2D eigenvalue weighted by Gasteiger charge is -2.47. The summed E-state index contributed by atoms with van der Waals surface area (Å²) >= 11 is 0. The van der Waals surface area contributed by atoms with E-state index in [9.17, 15) is 9.59 Å². The molecule has 6 saturated carbocycles.